The maximum atomic E-state index is 12.2. The van der Waals surface area contributed by atoms with Crippen molar-refractivity contribution in [2.24, 2.45) is 0 Å². The highest BCUT2D eigenvalue weighted by molar-refractivity contribution is 6.04. The fourth-order valence-corrected chi connectivity index (χ4v) is 2.79. The molecule has 1 saturated heterocycles. The van der Waals surface area contributed by atoms with Crippen LogP contribution < -0.4 is 10.6 Å². The number of hydrogen-bond acceptors (Lipinski definition) is 2. The summed E-state index contributed by atoms with van der Waals surface area (Å²) in [4.78, 5) is 12.2. The topological polar surface area (TPSA) is 41.1 Å². The number of carbonyl (C=O) groups excluding carboxylic acids is 1. The zero-order chi connectivity index (χ0) is 14.5. The Labute approximate surface area is 125 Å². The van der Waals surface area contributed by atoms with Crippen LogP contribution in [0, 0.1) is 0 Å². The van der Waals surface area contributed by atoms with Crippen molar-refractivity contribution in [3.63, 3.8) is 0 Å². The first-order chi connectivity index (χ1) is 10.3. The summed E-state index contributed by atoms with van der Waals surface area (Å²) in [6, 6.07) is 17.6. The molecular weight excluding hydrogens is 260 g/mol. The molecule has 3 heteroatoms. The smallest absolute Gasteiger partial charge is 0.255 e. The number of hydrogen-bond donors (Lipinski definition) is 2. The van der Waals surface area contributed by atoms with Crippen LogP contribution in [0.25, 0.3) is 0 Å². The van der Waals surface area contributed by atoms with Crippen LogP contribution in [0.3, 0.4) is 0 Å². The van der Waals surface area contributed by atoms with Crippen LogP contribution in [0.15, 0.2) is 54.6 Å². The predicted octanol–water partition coefficient (Wildman–Crippen LogP) is 3.41. The quantitative estimate of drug-likeness (QED) is 0.904. The van der Waals surface area contributed by atoms with Gasteiger partial charge in [0.25, 0.3) is 5.91 Å². The van der Waals surface area contributed by atoms with Crippen LogP contribution in [-0.4, -0.2) is 19.0 Å². The van der Waals surface area contributed by atoms with Crippen molar-refractivity contribution in [1.29, 1.82) is 0 Å². The minimum absolute atomic E-state index is 0.0574. The molecule has 108 valence electrons. The number of amides is 1. The van der Waals surface area contributed by atoms with Crippen molar-refractivity contribution < 1.29 is 4.79 Å². The molecule has 2 aromatic rings. The third-order valence-corrected chi connectivity index (χ3v) is 4.02. The zero-order valence-electron chi connectivity index (χ0n) is 12.0. The first-order valence-electron chi connectivity index (χ1n) is 7.50. The maximum absolute atomic E-state index is 12.2. The van der Waals surface area contributed by atoms with Gasteiger partial charge in [0.1, 0.15) is 0 Å². The van der Waals surface area contributed by atoms with E-state index in [0.717, 1.165) is 18.8 Å². The number of rotatable bonds is 3. The molecule has 0 saturated carbocycles. The molecule has 0 bridgehead atoms. The Morgan fingerprint density at radius 3 is 2.29 bits per heavy atom. The van der Waals surface area contributed by atoms with Crippen molar-refractivity contribution in [1.82, 2.24) is 5.32 Å². The molecule has 0 spiro atoms. The molecule has 1 aliphatic heterocycles. The highest BCUT2D eigenvalue weighted by Crippen LogP contribution is 2.25. The van der Waals surface area contributed by atoms with E-state index in [4.69, 9.17) is 0 Å². The summed E-state index contributed by atoms with van der Waals surface area (Å²) in [6.07, 6.45) is 2.35. The Balaban J connectivity index is 1.67. The summed E-state index contributed by atoms with van der Waals surface area (Å²) in [6.45, 7) is 2.17. The standard InChI is InChI=1S/C18H20N2O/c21-18(20-17-4-2-1-3-5-17)16-8-6-14(7-9-16)15-10-12-19-13-11-15/h1-9,15,19H,10-13H2,(H,20,21). The van der Waals surface area contributed by atoms with Gasteiger partial charge < -0.3 is 10.6 Å². The average molecular weight is 280 g/mol. The van der Waals surface area contributed by atoms with Crippen LogP contribution in [0.4, 0.5) is 5.69 Å². The van der Waals surface area contributed by atoms with Gasteiger partial charge in [-0.15, -0.1) is 0 Å². The molecule has 3 rings (SSSR count). The van der Waals surface area contributed by atoms with Gasteiger partial charge in [0.05, 0.1) is 0 Å². The Morgan fingerprint density at radius 2 is 1.62 bits per heavy atom. The third kappa shape index (κ3) is 3.50. The van der Waals surface area contributed by atoms with Gasteiger partial charge in [-0.2, -0.15) is 0 Å². The van der Waals surface area contributed by atoms with E-state index in [2.05, 4.69) is 22.8 Å². The van der Waals surface area contributed by atoms with E-state index < -0.39 is 0 Å². The molecule has 21 heavy (non-hydrogen) atoms. The molecule has 2 aromatic carbocycles. The number of carbonyl (C=O) groups is 1. The first kappa shape index (κ1) is 13.8. The highest BCUT2D eigenvalue weighted by atomic mass is 16.1. The first-order valence-corrected chi connectivity index (χ1v) is 7.50. The van der Waals surface area contributed by atoms with Crippen LogP contribution in [0.2, 0.25) is 0 Å². The van der Waals surface area contributed by atoms with Crippen LogP contribution in [0.1, 0.15) is 34.7 Å². The summed E-state index contributed by atoms with van der Waals surface area (Å²) >= 11 is 0. The fourth-order valence-electron chi connectivity index (χ4n) is 2.79. The summed E-state index contributed by atoms with van der Waals surface area (Å²) in [7, 11) is 0. The molecule has 1 aliphatic rings. The largest absolute Gasteiger partial charge is 0.322 e. The minimum atomic E-state index is -0.0574. The normalized spacial score (nSPS) is 15.6. The molecule has 0 atom stereocenters. The number of benzene rings is 2. The molecule has 0 aliphatic carbocycles. The second-order valence-corrected chi connectivity index (χ2v) is 5.47. The maximum Gasteiger partial charge on any atom is 0.255 e. The second kappa shape index (κ2) is 6.55. The van der Waals surface area contributed by atoms with E-state index in [9.17, 15) is 4.79 Å². The van der Waals surface area contributed by atoms with Crippen molar-refractivity contribution in [3.8, 4) is 0 Å². The molecule has 3 nitrogen and oxygen atoms in total. The van der Waals surface area contributed by atoms with Gasteiger partial charge in [0.15, 0.2) is 0 Å². The van der Waals surface area contributed by atoms with E-state index in [0.29, 0.717) is 11.5 Å². The molecular formula is C18H20N2O. The third-order valence-electron chi connectivity index (χ3n) is 4.02. The number of anilines is 1. The Hall–Kier alpha value is -2.13. The van der Waals surface area contributed by atoms with Gasteiger partial charge >= 0.3 is 0 Å². The molecule has 1 fully saturated rings. The SMILES string of the molecule is O=C(Nc1ccccc1)c1ccc(C2CCNCC2)cc1. The Kier molecular flexibility index (Phi) is 4.31. The molecule has 0 unspecified atom stereocenters. The number of para-hydroxylation sites is 1. The van der Waals surface area contributed by atoms with Gasteiger partial charge in [-0.25, -0.2) is 0 Å². The van der Waals surface area contributed by atoms with Gasteiger partial charge in [-0.3, -0.25) is 4.79 Å². The lowest BCUT2D eigenvalue weighted by Gasteiger charge is -2.23. The molecule has 1 heterocycles. The van der Waals surface area contributed by atoms with E-state index in [1.165, 1.54) is 18.4 Å². The van der Waals surface area contributed by atoms with Gasteiger partial charge in [0, 0.05) is 11.3 Å². The minimum Gasteiger partial charge on any atom is -0.322 e. The summed E-state index contributed by atoms with van der Waals surface area (Å²) in [5.74, 6) is 0.565. The van der Waals surface area contributed by atoms with Crippen LogP contribution >= 0.6 is 0 Å². The van der Waals surface area contributed by atoms with E-state index >= 15 is 0 Å². The monoisotopic (exact) mass is 280 g/mol. The van der Waals surface area contributed by atoms with Crippen molar-refractivity contribution >= 4 is 11.6 Å². The van der Waals surface area contributed by atoms with Gasteiger partial charge in [-0.05, 0) is 61.7 Å². The molecule has 0 aromatic heterocycles. The fraction of sp³-hybridized carbons (Fsp3) is 0.278. The Morgan fingerprint density at radius 1 is 0.952 bits per heavy atom. The lowest BCUT2D eigenvalue weighted by Crippen LogP contribution is -2.26. The van der Waals surface area contributed by atoms with Crippen LogP contribution in [0.5, 0.6) is 0 Å². The zero-order valence-corrected chi connectivity index (χ0v) is 12.0. The van der Waals surface area contributed by atoms with Crippen LogP contribution in [-0.2, 0) is 0 Å². The van der Waals surface area contributed by atoms with E-state index in [-0.39, 0.29) is 5.91 Å². The van der Waals surface area contributed by atoms with Gasteiger partial charge in [-0.1, -0.05) is 30.3 Å². The molecule has 0 radical (unpaired) electrons. The van der Waals surface area contributed by atoms with Gasteiger partial charge in [0.2, 0.25) is 0 Å². The van der Waals surface area contributed by atoms with Crippen molar-refractivity contribution in [2.75, 3.05) is 18.4 Å². The molecule has 1 amide bonds. The number of nitrogens with one attached hydrogen (secondary N) is 2. The lowest BCUT2D eigenvalue weighted by atomic mass is 9.90. The van der Waals surface area contributed by atoms with E-state index in [1.807, 2.05) is 42.5 Å². The summed E-state index contributed by atoms with van der Waals surface area (Å²) in [5.41, 5.74) is 2.87. The van der Waals surface area contributed by atoms with Crippen molar-refractivity contribution in [2.45, 2.75) is 18.8 Å². The predicted molar refractivity (Wildman–Crippen MR) is 85.7 cm³/mol. The Bertz CT molecular complexity index is 586. The number of piperidine rings is 1. The summed E-state index contributed by atoms with van der Waals surface area (Å²) < 4.78 is 0. The highest BCUT2D eigenvalue weighted by Gasteiger charge is 2.15. The van der Waals surface area contributed by atoms with E-state index in [1.54, 1.807) is 0 Å². The van der Waals surface area contributed by atoms with Crippen molar-refractivity contribution in [3.05, 3.63) is 65.7 Å². The average Bonchev–Trinajstić information content (AvgIpc) is 2.57. The second-order valence-electron chi connectivity index (χ2n) is 5.47. The molecule has 2 N–H and O–H groups in total. The summed E-state index contributed by atoms with van der Waals surface area (Å²) in [5, 5.41) is 6.29. The lowest BCUT2D eigenvalue weighted by molar-refractivity contribution is 0.102.